The van der Waals surface area contributed by atoms with Gasteiger partial charge in [0.15, 0.2) is 0 Å². The van der Waals surface area contributed by atoms with Gasteiger partial charge in [-0.3, -0.25) is 4.79 Å². The van der Waals surface area contributed by atoms with E-state index in [1.165, 1.54) is 5.56 Å². The summed E-state index contributed by atoms with van der Waals surface area (Å²) in [4.78, 5) is 11.5. The number of nitrogens with zero attached hydrogens (tertiary/aromatic N) is 2. The van der Waals surface area contributed by atoms with E-state index < -0.39 is 5.91 Å². The van der Waals surface area contributed by atoms with Gasteiger partial charge in [0, 0.05) is 16.6 Å². The summed E-state index contributed by atoms with van der Waals surface area (Å²) in [6, 6.07) is 16.2. The van der Waals surface area contributed by atoms with E-state index >= 15 is 0 Å². The third-order valence-corrected chi connectivity index (χ3v) is 5.95. The molecule has 0 saturated carbocycles. The van der Waals surface area contributed by atoms with Crippen LogP contribution in [0.3, 0.4) is 0 Å². The Labute approximate surface area is 175 Å². The van der Waals surface area contributed by atoms with Crippen molar-refractivity contribution in [3.05, 3.63) is 76.3 Å². The van der Waals surface area contributed by atoms with Gasteiger partial charge >= 0.3 is 0 Å². The zero-order chi connectivity index (χ0) is 20.4. The first-order valence-corrected chi connectivity index (χ1v) is 9.98. The summed E-state index contributed by atoms with van der Waals surface area (Å²) in [6.07, 6.45) is 5.31. The van der Waals surface area contributed by atoms with Gasteiger partial charge in [0.1, 0.15) is 6.42 Å². The molecule has 5 nitrogen and oxygen atoms in total. The lowest BCUT2D eigenvalue weighted by molar-refractivity contribution is -0.120. The average Bonchev–Trinajstić information content (AvgIpc) is 3.22. The molecule has 3 atom stereocenters. The predicted octanol–water partition coefficient (Wildman–Crippen LogP) is 4.92. The number of carbonyl (C=O) groups is 1. The molecule has 146 valence electrons. The summed E-state index contributed by atoms with van der Waals surface area (Å²) >= 11 is 6.49. The summed E-state index contributed by atoms with van der Waals surface area (Å²) in [5.74, 6) is 0.284. The molecule has 0 radical (unpaired) electrons. The Morgan fingerprint density at radius 3 is 2.93 bits per heavy atom. The molecule has 1 aliphatic heterocycles. The van der Waals surface area contributed by atoms with Crippen molar-refractivity contribution in [2.75, 3.05) is 5.32 Å². The SMILES string of the molecule is C/C(=N/NC(=O)CC#N)c1ccc2c(c1)[C@@H]1C=CC[C@@H]1[C@H](c1ccccc1Cl)N2. The average molecular weight is 405 g/mol. The highest BCUT2D eigenvalue weighted by molar-refractivity contribution is 6.31. The number of allylic oxidation sites excluding steroid dienone is 2. The van der Waals surface area contributed by atoms with Gasteiger partial charge in [-0.15, -0.1) is 0 Å². The number of hydrogen-bond acceptors (Lipinski definition) is 4. The van der Waals surface area contributed by atoms with E-state index in [4.69, 9.17) is 16.9 Å². The second-order valence-corrected chi connectivity index (χ2v) is 7.77. The number of halogens is 1. The van der Waals surface area contributed by atoms with Crippen molar-refractivity contribution in [1.82, 2.24) is 5.43 Å². The van der Waals surface area contributed by atoms with Gasteiger partial charge in [-0.1, -0.05) is 48.0 Å². The zero-order valence-corrected chi connectivity index (χ0v) is 16.8. The molecule has 0 aromatic heterocycles. The molecule has 2 aliphatic rings. The van der Waals surface area contributed by atoms with Gasteiger partial charge in [0.25, 0.3) is 5.91 Å². The number of fused-ring (bicyclic) bond motifs is 3. The van der Waals surface area contributed by atoms with Crippen LogP contribution in [0.25, 0.3) is 0 Å². The Hall–Kier alpha value is -3.10. The number of nitriles is 1. The first-order chi connectivity index (χ1) is 14.1. The molecule has 2 N–H and O–H groups in total. The van der Waals surface area contributed by atoms with Gasteiger partial charge in [0.05, 0.1) is 17.8 Å². The monoisotopic (exact) mass is 404 g/mol. The topological polar surface area (TPSA) is 77.3 Å². The Balaban J connectivity index is 1.64. The maximum absolute atomic E-state index is 11.5. The predicted molar refractivity (Wildman–Crippen MR) is 115 cm³/mol. The van der Waals surface area contributed by atoms with Crippen molar-refractivity contribution >= 4 is 28.9 Å². The number of hydrazone groups is 1. The van der Waals surface area contributed by atoms with Gasteiger partial charge in [0.2, 0.25) is 0 Å². The number of rotatable bonds is 4. The summed E-state index contributed by atoms with van der Waals surface area (Å²) in [7, 11) is 0. The fourth-order valence-corrected chi connectivity index (χ4v) is 4.43. The molecular weight excluding hydrogens is 384 g/mol. The quantitative estimate of drug-likeness (QED) is 0.431. The fourth-order valence-electron chi connectivity index (χ4n) is 4.18. The van der Waals surface area contributed by atoms with E-state index in [1.807, 2.05) is 37.3 Å². The first kappa shape index (κ1) is 19.2. The Kier molecular flexibility index (Phi) is 5.37. The normalized spacial score (nSPS) is 22.2. The van der Waals surface area contributed by atoms with Crippen LogP contribution in [-0.2, 0) is 4.79 Å². The second kappa shape index (κ2) is 8.10. The Morgan fingerprint density at radius 2 is 2.14 bits per heavy atom. The van der Waals surface area contributed by atoms with Gasteiger partial charge in [-0.25, -0.2) is 5.43 Å². The van der Waals surface area contributed by atoms with Crippen molar-refractivity contribution in [2.45, 2.75) is 31.7 Å². The molecule has 0 fully saturated rings. The largest absolute Gasteiger partial charge is 0.378 e. The molecule has 1 heterocycles. The van der Waals surface area contributed by atoms with E-state index in [-0.39, 0.29) is 12.5 Å². The van der Waals surface area contributed by atoms with Crippen LogP contribution in [0.1, 0.15) is 48.4 Å². The molecule has 0 saturated heterocycles. The van der Waals surface area contributed by atoms with Crippen LogP contribution in [0.2, 0.25) is 5.02 Å². The minimum absolute atomic E-state index is 0.155. The van der Waals surface area contributed by atoms with Gasteiger partial charge in [-0.05, 0) is 54.2 Å². The summed E-state index contributed by atoms with van der Waals surface area (Å²) in [5.41, 5.74) is 7.51. The molecule has 0 spiro atoms. The molecule has 2 aromatic carbocycles. The molecule has 6 heteroatoms. The maximum atomic E-state index is 11.5. The van der Waals surface area contributed by atoms with Crippen LogP contribution in [0.5, 0.6) is 0 Å². The Morgan fingerprint density at radius 1 is 1.31 bits per heavy atom. The number of benzene rings is 2. The highest BCUT2D eigenvalue weighted by Gasteiger charge is 2.38. The molecule has 29 heavy (non-hydrogen) atoms. The Bertz CT molecular complexity index is 1050. The molecule has 0 bridgehead atoms. The van der Waals surface area contributed by atoms with Crippen molar-refractivity contribution in [1.29, 1.82) is 5.26 Å². The van der Waals surface area contributed by atoms with Crippen LogP contribution in [-0.4, -0.2) is 11.6 Å². The van der Waals surface area contributed by atoms with E-state index in [9.17, 15) is 4.79 Å². The van der Waals surface area contributed by atoms with E-state index in [1.54, 1.807) is 0 Å². The van der Waals surface area contributed by atoms with Crippen LogP contribution in [0, 0.1) is 17.2 Å². The van der Waals surface area contributed by atoms with Crippen molar-refractivity contribution in [3.63, 3.8) is 0 Å². The van der Waals surface area contributed by atoms with E-state index in [0.29, 0.717) is 17.5 Å². The summed E-state index contributed by atoms with van der Waals surface area (Å²) in [5, 5.41) is 17.2. The lowest BCUT2D eigenvalue weighted by Gasteiger charge is -2.38. The number of anilines is 1. The lowest BCUT2D eigenvalue weighted by atomic mass is 9.76. The molecular formula is C23H21ClN4O. The minimum atomic E-state index is -0.409. The third kappa shape index (κ3) is 3.76. The van der Waals surface area contributed by atoms with E-state index in [2.05, 4.69) is 46.2 Å². The third-order valence-electron chi connectivity index (χ3n) is 5.61. The minimum Gasteiger partial charge on any atom is -0.378 e. The highest BCUT2D eigenvalue weighted by atomic mass is 35.5. The zero-order valence-electron chi connectivity index (χ0n) is 16.0. The smallest absolute Gasteiger partial charge is 0.254 e. The van der Waals surface area contributed by atoms with Crippen LogP contribution < -0.4 is 10.7 Å². The summed E-state index contributed by atoms with van der Waals surface area (Å²) < 4.78 is 0. The number of hydrogen-bond donors (Lipinski definition) is 2. The van der Waals surface area contributed by atoms with E-state index in [0.717, 1.165) is 28.3 Å². The molecule has 2 aromatic rings. The molecule has 1 amide bonds. The lowest BCUT2D eigenvalue weighted by Crippen LogP contribution is -2.29. The van der Waals surface area contributed by atoms with Crippen LogP contribution in [0.15, 0.2) is 59.7 Å². The van der Waals surface area contributed by atoms with Crippen molar-refractivity contribution in [3.8, 4) is 6.07 Å². The number of amides is 1. The second-order valence-electron chi connectivity index (χ2n) is 7.37. The van der Waals surface area contributed by atoms with Crippen molar-refractivity contribution < 1.29 is 4.79 Å². The van der Waals surface area contributed by atoms with Gasteiger partial charge in [-0.2, -0.15) is 10.4 Å². The molecule has 1 aliphatic carbocycles. The standard InChI is InChI=1S/C23H21ClN4O/c1-14(27-28-22(29)11-12-25)15-9-10-21-19(13-15)16-6-4-7-17(16)23(26-21)18-5-2-3-8-20(18)24/h2-6,8-10,13,16-17,23,26H,7,11H2,1H3,(H,28,29)/b27-14-/t16-,17+,23-/m1/s1. The summed E-state index contributed by atoms with van der Waals surface area (Å²) in [6.45, 7) is 1.85. The molecule has 4 rings (SSSR count). The van der Waals surface area contributed by atoms with Crippen molar-refractivity contribution in [2.24, 2.45) is 11.0 Å². The number of carbonyl (C=O) groups excluding carboxylic acids is 1. The molecule has 0 unspecified atom stereocenters. The highest BCUT2D eigenvalue weighted by Crippen LogP contribution is 2.50. The first-order valence-electron chi connectivity index (χ1n) is 9.60. The fraction of sp³-hybridized carbons (Fsp3) is 0.261. The van der Waals surface area contributed by atoms with Gasteiger partial charge < -0.3 is 5.32 Å². The van der Waals surface area contributed by atoms with Crippen LogP contribution in [0.4, 0.5) is 5.69 Å². The maximum Gasteiger partial charge on any atom is 0.254 e. The van der Waals surface area contributed by atoms with Crippen LogP contribution >= 0.6 is 11.6 Å². The number of nitrogens with one attached hydrogen (secondary N) is 2.